The smallest absolute Gasteiger partial charge is 0.417 e. The SMILES string of the molecule is O=C(OC/C=C/c1ccccc1)c1ccccc1C(F)(F)F. The van der Waals surface area contributed by atoms with Gasteiger partial charge >= 0.3 is 12.1 Å². The number of rotatable bonds is 4. The minimum atomic E-state index is -4.59. The predicted molar refractivity (Wildman–Crippen MR) is 77.2 cm³/mol. The Hall–Kier alpha value is -2.56. The van der Waals surface area contributed by atoms with Crippen molar-refractivity contribution in [2.75, 3.05) is 6.61 Å². The molecule has 0 atom stereocenters. The summed E-state index contributed by atoms with van der Waals surface area (Å²) in [5.74, 6) is -0.995. The van der Waals surface area contributed by atoms with Gasteiger partial charge in [0.1, 0.15) is 6.61 Å². The quantitative estimate of drug-likeness (QED) is 0.773. The van der Waals surface area contributed by atoms with E-state index in [1.165, 1.54) is 12.1 Å². The van der Waals surface area contributed by atoms with Crippen LogP contribution in [0.4, 0.5) is 13.2 Å². The summed E-state index contributed by atoms with van der Waals surface area (Å²) in [5.41, 5.74) is -0.565. The molecule has 5 heteroatoms. The third-order valence-electron chi connectivity index (χ3n) is 2.87. The van der Waals surface area contributed by atoms with Crippen LogP contribution in [0, 0.1) is 0 Å². The zero-order valence-corrected chi connectivity index (χ0v) is 11.5. The molecule has 0 aliphatic heterocycles. The Balaban J connectivity index is 2.00. The summed E-state index contributed by atoms with van der Waals surface area (Å²) < 4.78 is 43.2. The molecule has 2 rings (SSSR count). The lowest BCUT2D eigenvalue weighted by Gasteiger charge is -2.11. The number of carbonyl (C=O) groups excluding carboxylic acids is 1. The van der Waals surface area contributed by atoms with Crippen LogP contribution in [-0.4, -0.2) is 12.6 Å². The number of ether oxygens (including phenoxy) is 1. The van der Waals surface area contributed by atoms with Gasteiger partial charge in [0.15, 0.2) is 0 Å². The Morgan fingerprint density at radius 3 is 2.32 bits per heavy atom. The van der Waals surface area contributed by atoms with Gasteiger partial charge in [-0.05, 0) is 23.8 Å². The van der Waals surface area contributed by atoms with Crippen molar-refractivity contribution >= 4 is 12.0 Å². The molecule has 0 spiro atoms. The largest absolute Gasteiger partial charge is 0.458 e. The third kappa shape index (κ3) is 4.22. The Kier molecular flexibility index (Phi) is 4.99. The first-order chi connectivity index (χ1) is 10.5. The Labute approximate surface area is 125 Å². The highest BCUT2D eigenvalue weighted by atomic mass is 19.4. The van der Waals surface area contributed by atoms with Gasteiger partial charge in [0.2, 0.25) is 0 Å². The summed E-state index contributed by atoms with van der Waals surface area (Å²) in [6, 6.07) is 13.8. The van der Waals surface area contributed by atoms with Crippen molar-refractivity contribution in [3.05, 3.63) is 77.4 Å². The average Bonchev–Trinajstić information content (AvgIpc) is 2.51. The van der Waals surface area contributed by atoms with Gasteiger partial charge in [-0.15, -0.1) is 0 Å². The highest BCUT2D eigenvalue weighted by Crippen LogP contribution is 2.32. The second kappa shape index (κ2) is 6.93. The van der Waals surface area contributed by atoms with Gasteiger partial charge in [-0.3, -0.25) is 0 Å². The van der Waals surface area contributed by atoms with Gasteiger partial charge < -0.3 is 4.74 Å². The predicted octanol–water partition coefficient (Wildman–Crippen LogP) is 4.58. The van der Waals surface area contributed by atoms with Gasteiger partial charge in [0.05, 0.1) is 11.1 Å². The number of carbonyl (C=O) groups is 1. The summed E-state index contributed by atoms with van der Waals surface area (Å²) in [4.78, 5) is 11.8. The summed E-state index contributed by atoms with van der Waals surface area (Å²) >= 11 is 0. The highest BCUT2D eigenvalue weighted by Gasteiger charge is 2.35. The van der Waals surface area contributed by atoms with Crippen molar-refractivity contribution in [2.24, 2.45) is 0 Å². The number of benzene rings is 2. The monoisotopic (exact) mass is 306 g/mol. The second-order valence-electron chi connectivity index (χ2n) is 4.45. The van der Waals surface area contributed by atoms with E-state index >= 15 is 0 Å². The molecule has 0 aromatic heterocycles. The molecule has 0 saturated heterocycles. The molecule has 2 aromatic rings. The molecule has 0 aliphatic carbocycles. The summed E-state index contributed by atoms with van der Waals surface area (Å²) in [7, 11) is 0. The molecule has 0 bridgehead atoms. The standard InChI is InChI=1S/C17H13F3O2/c18-17(19,20)15-11-5-4-10-14(15)16(21)22-12-6-9-13-7-2-1-3-8-13/h1-11H,12H2/b9-6+. The van der Waals surface area contributed by atoms with Crippen molar-refractivity contribution in [3.63, 3.8) is 0 Å². The van der Waals surface area contributed by atoms with E-state index in [1.54, 1.807) is 12.2 Å². The van der Waals surface area contributed by atoms with Gasteiger partial charge in [-0.1, -0.05) is 48.5 Å². The maximum absolute atomic E-state index is 12.8. The van der Waals surface area contributed by atoms with E-state index in [1.807, 2.05) is 30.3 Å². The maximum atomic E-state index is 12.8. The zero-order valence-electron chi connectivity index (χ0n) is 11.5. The number of hydrogen-bond donors (Lipinski definition) is 0. The molecule has 0 unspecified atom stereocenters. The van der Waals surface area contributed by atoms with Gasteiger partial charge in [-0.25, -0.2) is 4.79 Å². The van der Waals surface area contributed by atoms with E-state index in [9.17, 15) is 18.0 Å². The van der Waals surface area contributed by atoms with E-state index in [-0.39, 0.29) is 6.61 Å². The fourth-order valence-electron chi connectivity index (χ4n) is 1.86. The molecule has 0 radical (unpaired) electrons. The maximum Gasteiger partial charge on any atom is 0.417 e. The van der Waals surface area contributed by atoms with Crippen molar-refractivity contribution in [1.29, 1.82) is 0 Å². The fraction of sp³-hybridized carbons (Fsp3) is 0.118. The average molecular weight is 306 g/mol. The van der Waals surface area contributed by atoms with Gasteiger partial charge in [-0.2, -0.15) is 13.2 Å². The molecule has 22 heavy (non-hydrogen) atoms. The van der Waals surface area contributed by atoms with Crippen molar-refractivity contribution in [2.45, 2.75) is 6.18 Å². The number of hydrogen-bond acceptors (Lipinski definition) is 2. The molecule has 2 nitrogen and oxygen atoms in total. The lowest BCUT2D eigenvalue weighted by Crippen LogP contribution is -2.15. The minimum absolute atomic E-state index is 0.0973. The third-order valence-corrected chi connectivity index (χ3v) is 2.87. The lowest BCUT2D eigenvalue weighted by molar-refractivity contribution is -0.138. The summed E-state index contributed by atoms with van der Waals surface area (Å²) in [6.45, 7) is -0.0973. The summed E-state index contributed by atoms with van der Waals surface area (Å²) in [5, 5.41) is 0. The van der Waals surface area contributed by atoms with Crippen LogP contribution in [0.2, 0.25) is 0 Å². The first kappa shape index (κ1) is 15.8. The molecular weight excluding hydrogens is 293 g/mol. The Morgan fingerprint density at radius 1 is 1.00 bits per heavy atom. The molecule has 0 amide bonds. The van der Waals surface area contributed by atoms with Gasteiger partial charge in [0, 0.05) is 0 Å². The summed E-state index contributed by atoms with van der Waals surface area (Å²) in [6.07, 6.45) is -1.29. The molecule has 0 fully saturated rings. The van der Waals surface area contributed by atoms with E-state index in [0.717, 1.165) is 17.7 Å². The topological polar surface area (TPSA) is 26.3 Å². The fourth-order valence-corrected chi connectivity index (χ4v) is 1.86. The molecule has 2 aromatic carbocycles. The van der Waals surface area contributed by atoms with Crippen LogP contribution in [0.25, 0.3) is 6.08 Å². The first-order valence-corrected chi connectivity index (χ1v) is 6.53. The van der Waals surface area contributed by atoms with E-state index in [0.29, 0.717) is 0 Å². The molecule has 114 valence electrons. The Bertz CT molecular complexity index is 661. The number of alkyl halides is 3. The van der Waals surface area contributed by atoms with Gasteiger partial charge in [0.25, 0.3) is 0 Å². The molecule has 0 N–H and O–H groups in total. The molecule has 0 aliphatic rings. The van der Waals surface area contributed by atoms with Crippen LogP contribution in [0.3, 0.4) is 0 Å². The molecular formula is C17H13F3O2. The van der Waals surface area contributed by atoms with Crippen LogP contribution in [0.1, 0.15) is 21.5 Å². The molecule has 0 saturated carbocycles. The van der Waals surface area contributed by atoms with Crippen LogP contribution >= 0.6 is 0 Å². The minimum Gasteiger partial charge on any atom is -0.458 e. The normalized spacial score (nSPS) is 11.6. The number of esters is 1. The lowest BCUT2D eigenvalue weighted by atomic mass is 10.1. The highest BCUT2D eigenvalue weighted by molar-refractivity contribution is 5.91. The molecule has 0 heterocycles. The number of halogens is 3. The van der Waals surface area contributed by atoms with Crippen molar-refractivity contribution < 1.29 is 22.7 Å². The van der Waals surface area contributed by atoms with Crippen LogP contribution < -0.4 is 0 Å². The van der Waals surface area contributed by atoms with Crippen LogP contribution in [0.15, 0.2) is 60.7 Å². The second-order valence-corrected chi connectivity index (χ2v) is 4.45. The first-order valence-electron chi connectivity index (χ1n) is 6.53. The van der Waals surface area contributed by atoms with E-state index in [2.05, 4.69) is 0 Å². The Morgan fingerprint density at radius 2 is 1.64 bits per heavy atom. The van der Waals surface area contributed by atoms with Crippen molar-refractivity contribution in [1.82, 2.24) is 0 Å². The van der Waals surface area contributed by atoms with Crippen LogP contribution in [0.5, 0.6) is 0 Å². The zero-order chi connectivity index (χ0) is 16.0. The van der Waals surface area contributed by atoms with E-state index < -0.39 is 23.3 Å². The van der Waals surface area contributed by atoms with Crippen LogP contribution in [-0.2, 0) is 10.9 Å². The van der Waals surface area contributed by atoms with Crippen molar-refractivity contribution in [3.8, 4) is 0 Å². The van der Waals surface area contributed by atoms with E-state index in [4.69, 9.17) is 4.74 Å².